The molecular formula is C12H16FNO. The number of benzene rings is 1. The van der Waals surface area contributed by atoms with E-state index in [-0.39, 0.29) is 11.9 Å². The van der Waals surface area contributed by atoms with Crippen LogP contribution in [0, 0.1) is 5.82 Å². The second-order valence-electron chi connectivity index (χ2n) is 4.31. The third-order valence-electron chi connectivity index (χ3n) is 3.15. The van der Waals surface area contributed by atoms with Crippen LogP contribution >= 0.6 is 0 Å². The van der Waals surface area contributed by atoms with E-state index in [1.807, 2.05) is 0 Å². The van der Waals surface area contributed by atoms with Crippen molar-refractivity contribution in [2.24, 2.45) is 0 Å². The molecule has 0 aliphatic carbocycles. The molecule has 2 nitrogen and oxygen atoms in total. The lowest BCUT2D eigenvalue weighted by Gasteiger charge is -2.30. The highest BCUT2D eigenvalue weighted by molar-refractivity contribution is 5.24. The molecule has 0 amide bonds. The summed E-state index contributed by atoms with van der Waals surface area (Å²) in [5.74, 6) is -0.300. The first-order valence-corrected chi connectivity index (χ1v) is 5.32. The van der Waals surface area contributed by atoms with Gasteiger partial charge in [-0.3, -0.25) is 0 Å². The fraction of sp³-hybridized carbons (Fsp3) is 0.500. The lowest BCUT2D eigenvalue weighted by Crippen LogP contribution is -2.42. The predicted octanol–water partition coefficient (Wildman–Crippen LogP) is 1.79. The molecule has 2 rings (SSSR count). The summed E-state index contributed by atoms with van der Waals surface area (Å²) in [6.45, 7) is 2.67. The molecule has 2 atom stereocenters. The largest absolute Gasteiger partial charge is 0.384 e. The van der Waals surface area contributed by atoms with Crippen molar-refractivity contribution in [1.82, 2.24) is 5.32 Å². The number of hydrogen-bond acceptors (Lipinski definition) is 2. The molecule has 15 heavy (non-hydrogen) atoms. The molecule has 0 aromatic heterocycles. The number of halogens is 1. The number of rotatable bonds is 2. The van der Waals surface area contributed by atoms with E-state index in [9.17, 15) is 9.50 Å². The Bertz CT molecular complexity index is 345. The second-order valence-corrected chi connectivity index (χ2v) is 4.31. The van der Waals surface area contributed by atoms with Gasteiger partial charge in [0.25, 0.3) is 0 Å². The first kappa shape index (κ1) is 10.6. The minimum Gasteiger partial charge on any atom is -0.384 e. The average Bonchev–Trinajstić information content (AvgIpc) is 2.71. The third kappa shape index (κ3) is 2.03. The van der Waals surface area contributed by atoms with E-state index in [1.54, 1.807) is 19.1 Å². The Hall–Kier alpha value is -0.930. The first-order valence-electron chi connectivity index (χ1n) is 5.32. The van der Waals surface area contributed by atoms with Gasteiger partial charge in [-0.15, -0.1) is 0 Å². The molecule has 0 spiro atoms. The van der Waals surface area contributed by atoms with Gasteiger partial charge in [0.2, 0.25) is 0 Å². The van der Waals surface area contributed by atoms with E-state index >= 15 is 0 Å². The quantitative estimate of drug-likeness (QED) is 0.778. The smallest absolute Gasteiger partial charge is 0.123 e. The molecule has 1 aromatic rings. The summed E-state index contributed by atoms with van der Waals surface area (Å²) in [4.78, 5) is 0. The average molecular weight is 209 g/mol. The van der Waals surface area contributed by atoms with E-state index in [1.165, 1.54) is 12.1 Å². The molecule has 0 bridgehead atoms. The minimum atomic E-state index is -0.988. The molecule has 1 saturated heterocycles. The van der Waals surface area contributed by atoms with E-state index < -0.39 is 5.60 Å². The summed E-state index contributed by atoms with van der Waals surface area (Å²) >= 11 is 0. The highest BCUT2D eigenvalue weighted by Gasteiger charge is 2.35. The topological polar surface area (TPSA) is 32.3 Å². The maximum absolute atomic E-state index is 13.1. The van der Waals surface area contributed by atoms with E-state index in [2.05, 4.69) is 5.32 Å². The second kappa shape index (κ2) is 3.91. The van der Waals surface area contributed by atoms with Crippen LogP contribution in [0.2, 0.25) is 0 Å². The maximum Gasteiger partial charge on any atom is 0.123 e. The van der Waals surface area contributed by atoms with Crippen molar-refractivity contribution in [1.29, 1.82) is 0 Å². The first-order chi connectivity index (χ1) is 7.10. The SMILES string of the molecule is C[C@@](O)(c1cccc(F)c1)C1CCCN1. The van der Waals surface area contributed by atoms with Crippen LogP contribution < -0.4 is 5.32 Å². The van der Waals surface area contributed by atoms with E-state index in [4.69, 9.17) is 0 Å². The predicted molar refractivity (Wildman–Crippen MR) is 57.0 cm³/mol. The third-order valence-corrected chi connectivity index (χ3v) is 3.15. The van der Waals surface area contributed by atoms with E-state index in [0.29, 0.717) is 5.56 Å². The summed E-state index contributed by atoms with van der Waals surface area (Å²) in [5, 5.41) is 13.6. The van der Waals surface area contributed by atoms with Crippen molar-refractivity contribution >= 4 is 0 Å². The van der Waals surface area contributed by atoms with Crippen molar-refractivity contribution in [2.45, 2.75) is 31.4 Å². The molecule has 1 unspecified atom stereocenters. The Morgan fingerprint density at radius 2 is 2.33 bits per heavy atom. The van der Waals surface area contributed by atoms with Gasteiger partial charge in [0, 0.05) is 6.04 Å². The van der Waals surface area contributed by atoms with Crippen LogP contribution in [0.25, 0.3) is 0 Å². The zero-order chi connectivity index (χ0) is 10.9. The van der Waals surface area contributed by atoms with Crippen molar-refractivity contribution in [3.05, 3.63) is 35.6 Å². The molecule has 2 N–H and O–H groups in total. The zero-order valence-corrected chi connectivity index (χ0v) is 8.83. The molecule has 82 valence electrons. The monoisotopic (exact) mass is 209 g/mol. The molecule has 1 aliphatic heterocycles. The van der Waals surface area contributed by atoms with Gasteiger partial charge in [0.05, 0.1) is 0 Å². The molecule has 0 saturated carbocycles. The number of hydrogen-bond donors (Lipinski definition) is 2. The molecule has 0 radical (unpaired) electrons. The summed E-state index contributed by atoms with van der Waals surface area (Å²) < 4.78 is 13.1. The number of nitrogens with one attached hydrogen (secondary N) is 1. The van der Waals surface area contributed by atoms with Gasteiger partial charge in [-0.05, 0) is 44.0 Å². The van der Waals surface area contributed by atoms with Crippen LogP contribution in [0.4, 0.5) is 4.39 Å². The van der Waals surface area contributed by atoms with Crippen LogP contribution in [-0.2, 0) is 5.60 Å². The van der Waals surface area contributed by atoms with Crippen LogP contribution in [0.1, 0.15) is 25.3 Å². The minimum absolute atomic E-state index is 0.0271. The fourth-order valence-electron chi connectivity index (χ4n) is 2.17. The normalized spacial score (nSPS) is 25.1. The van der Waals surface area contributed by atoms with Crippen molar-refractivity contribution < 1.29 is 9.50 Å². The van der Waals surface area contributed by atoms with Gasteiger partial charge in [0.1, 0.15) is 11.4 Å². The molecular weight excluding hydrogens is 193 g/mol. The Labute approximate surface area is 89.1 Å². The maximum atomic E-state index is 13.1. The van der Waals surface area contributed by atoms with Crippen LogP contribution in [0.3, 0.4) is 0 Å². The molecule has 1 aromatic carbocycles. The van der Waals surface area contributed by atoms with Gasteiger partial charge in [-0.1, -0.05) is 12.1 Å². The Kier molecular flexibility index (Phi) is 2.76. The Morgan fingerprint density at radius 1 is 1.53 bits per heavy atom. The lowest BCUT2D eigenvalue weighted by molar-refractivity contribution is 0.0216. The van der Waals surface area contributed by atoms with Crippen molar-refractivity contribution in [3.8, 4) is 0 Å². The van der Waals surface area contributed by atoms with Gasteiger partial charge >= 0.3 is 0 Å². The Balaban J connectivity index is 2.27. The highest BCUT2D eigenvalue weighted by Crippen LogP contribution is 2.29. The Morgan fingerprint density at radius 3 is 2.93 bits per heavy atom. The van der Waals surface area contributed by atoms with Gasteiger partial charge in [-0.25, -0.2) is 4.39 Å². The van der Waals surface area contributed by atoms with Gasteiger partial charge in [-0.2, -0.15) is 0 Å². The number of aliphatic hydroxyl groups is 1. The zero-order valence-electron chi connectivity index (χ0n) is 8.83. The molecule has 3 heteroatoms. The van der Waals surface area contributed by atoms with Crippen LogP contribution in [0.15, 0.2) is 24.3 Å². The van der Waals surface area contributed by atoms with Gasteiger partial charge < -0.3 is 10.4 Å². The summed E-state index contributed by atoms with van der Waals surface area (Å²) in [5.41, 5.74) is -0.347. The van der Waals surface area contributed by atoms with Crippen molar-refractivity contribution in [3.63, 3.8) is 0 Å². The standard InChI is InChI=1S/C12H16FNO/c1-12(15,11-6-3-7-14-11)9-4-2-5-10(13)8-9/h2,4-5,8,11,14-15H,3,6-7H2,1H3/t11?,12-/m1/s1. The lowest BCUT2D eigenvalue weighted by atomic mass is 9.87. The molecule has 1 heterocycles. The highest BCUT2D eigenvalue weighted by atomic mass is 19.1. The summed E-state index contributed by atoms with van der Waals surface area (Å²) in [7, 11) is 0. The summed E-state index contributed by atoms with van der Waals surface area (Å²) in [6, 6.07) is 6.22. The molecule has 1 fully saturated rings. The van der Waals surface area contributed by atoms with Gasteiger partial charge in [0.15, 0.2) is 0 Å². The van der Waals surface area contributed by atoms with Crippen LogP contribution in [-0.4, -0.2) is 17.7 Å². The summed E-state index contributed by atoms with van der Waals surface area (Å²) in [6.07, 6.45) is 2.00. The van der Waals surface area contributed by atoms with Crippen LogP contribution in [0.5, 0.6) is 0 Å². The van der Waals surface area contributed by atoms with E-state index in [0.717, 1.165) is 19.4 Å². The van der Waals surface area contributed by atoms with Crippen molar-refractivity contribution in [2.75, 3.05) is 6.54 Å². The molecule has 1 aliphatic rings. The fourth-order valence-corrected chi connectivity index (χ4v) is 2.17.